The van der Waals surface area contributed by atoms with Gasteiger partial charge in [0.1, 0.15) is 0 Å². The zero-order valence-electron chi connectivity index (χ0n) is 19.0. The lowest BCUT2D eigenvalue weighted by molar-refractivity contribution is 0.926. The third-order valence-electron chi connectivity index (χ3n) is 6.82. The number of hydrogen-bond donors (Lipinski definition) is 0. The van der Waals surface area contributed by atoms with E-state index in [0.717, 1.165) is 25.7 Å². The van der Waals surface area contributed by atoms with Gasteiger partial charge in [-0.15, -0.1) is 0 Å². The number of nitrogens with zero attached hydrogens (tertiary/aromatic N) is 3. The average molecular weight is 440 g/mol. The van der Waals surface area contributed by atoms with Crippen LogP contribution < -0.4 is 0 Å². The number of benzene rings is 2. The first-order chi connectivity index (χ1) is 16.8. The fourth-order valence-electron chi connectivity index (χ4n) is 5.05. The summed E-state index contributed by atoms with van der Waals surface area (Å²) in [4.78, 5) is 12.7. The first-order valence-electron chi connectivity index (χ1n) is 11.8. The molecule has 4 aliphatic rings. The number of hydrogen-bond acceptors (Lipinski definition) is 3. The van der Waals surface area contributed by atoms with Gasteiger partial charge < -0.3 is 0 Å². The van der Waals surface area contributed by atoms with Crippen LogP contribution in [0.2, 0.25) is 0 Å². The summed E-state index contributed by atoms with van der Waals surface area (Å²) in [6.45, 7) is 0. The van der Waals surface area contributed by atoms with E-state index in [2.05, 4.69) is 81.7 Å². The monoisotopic (exact) mass is 439 g/mol. The highest BCUT2D eigenvalue weighted by Gasteiger charge is 2.16. The van der Waals surface area contributed by atoms with Gasteiger partial charge in [0.25, 0.3) is 0 Å². The van der Waals surface area contributed by atoms with Crippen molar-refractivity contribution >= 4 is 0 Å². The van der Waals surface area contributed by atoms with Gasteiger partial charge in [-0.2, -0.15) is 0 Å². The molecule has 0 atom stereocenters. The molecule has 0 N–H and O–H groups in total. The van der Waals surface area contributed by atoms with Crippen molar-refractivity contribution in [1.29, 1.82) is 0 Å². The molecule has 0 saturated carbocycles. The van der Waals surface area contributed by atoms with Crippen LogP contribution in [-0.4, -0.2) is 15.0 Å². The van der Waals surface area contributed by atoms with Crippen LogP contribution in [0.5, 0.6) is 0 Å². The van der Waals surface area contributed by atoms with Crippen molar-refractivity contribution in [2.45, 2.75) is 25.7 Å². The number of rotatable bonds is 3. The summed E-state index contributed by atoms with van der Waals surface area (Å²) in [5, 5.41) is 0. The molecule has 0 unspecified atom stereocenters. The molecule has 0 amide bonds. The van der Waals surface area contributed by atoms with E-state index in [0.29, 0.717) is 0 Å². The summed E-state index contributed by atoms with van der Waals surface area (Å²) < 4.78 is 0. The van der Waals surface area contributed by atoms with Crippen LogP contribution in [0, 0.1) is 0 Å². The quantitative estimate of drug-likeness (QED) is 0.312. The van der Waals surface area contributed by atoms with Crippen molar-refractivity contribution in [3.63, 3.8) is 0 Å². The zero-order valence-corrected chi connectivity index (χ0v) is 19.0. The van der Waals surface area contributed by atoms with Gasteiger partial charge in [0, 0.05) is 37.2 Å². The minimum atomic E-state index is 0.966. The minimum absolute atomic E-state index is 0.966. The van der Waals surface area contributed by atoms with Crippen LogP contribution in [-0.2, 0) is 25.7 Å². The third kappa shape index (κ3) is 4.01. The van der Waals surface area contributed by atoms with Gasteiger partial charge in [-0.3, -0.25) is 15.0 Å². The Bertz CT molecular complexity index is 1430. The summed E-state index contributed by atoms with van der Waals surface area (Å²) in [7, 11) is 0. The van der Waals surface area contributed by atoms with E-state index in [1.807, 2.05) is 37.2 Å². The van der Waals surface area contributed by atoms with Crippen molar-refractivity contribution in [1.82, 2.24) is 15.0 Å². The fraction of sp³-hybridized carbons (Fsp3) is 0.129. The number of aromatic nitrogens is 3. The Morgan fingerprint density at radius 3 is 1.29 bits per heavy atom. The van der Waals surface area contributed by atoms with Crippen molar-refractivity contribution in [2.24, 2.45) is 0 Å². The van der Waals surface area contributed by atoms with Crippen LogP contribution in [0.25, 0.3) is 33.4 Å². The van der Waals surface area contributed by atoms with Crippen LogP contribution in [0.4, 0.5) is 0 Å². The molecule has 164 valence electrons. The molecular weight excluding hydrogens is 414 g/mol. The molecule has 4 aliphatic carbocycles. The normalized spacial score (nSPS) is 12.8. The van der Waals surface area contributed by atoms with E-state index in [1.54, 1.807) is 0 Å². The van der Waals surface area contributed by atoms with Gasteiger partial charge in [0.15, 0.2) is 0 Å². The maximum atomic E-state index is 4.25. The van der Waals surface area contributed by atoms with E-state index < -0.39 is 0 Å². The predicted octanol–water partition coefficient (Wildman–Crippen LogP) is 6.76. The van der Waals surface area contributed by atoms with Gasteiger partial charge in [0.05, 0.1) is 0 Å². The van der Waals surface area contributed by atoms with E-state index in [4.69, 9.17) is 0 Å². The lowest BCUT2D eigenvalue weighted by Gasteiger charge is -2.20. The van der Waals surface area contributed by atoms with Gasteiger partial charge in [-0.25, -0.2) is 0 Å². The Labute approximate surface area is 200 Å². The maximum absolute atomic E-state index is 4.25. The Morgan fingerprint density at radius 1 is 0.382 bits per heavy atom. The molecule has 4 bridgehead atoms. The van der Waals surface area contributed by atoms with Crippen molar-refractivity contribution < 1.29 is 0 Å². The Morgan fingerprint density at radius 2 is 0.794 bits per heavy atom. The van der Waals surface area contributed by atoms with E-state index in [-0.39, 0.29) is 0 Å². The molecule has 3 heteroatoms. The van der Waals surface area contributed by atoms with Gasteiger partial charge in [-0.05, 0) is 118 Å². The topological polar surface area (TPSA) is 38.7 Å². The van der Waals surface area contributed by atoms with Crippen molar-refractivity contribution in [3.8, 4) is 33.4 Å². The van der Waals surface area contributed by atoms with Crippen LogP contribution in [0.3, 0.4) is 0 Å². The minimum Gasteiger partial charge on any atom is -0.265 e. The Balaban J connectivity index is 1.52. The Kier molecular flexibility index (Phi) is 5.44. The summed E-state index contributed by atoms with van der Waals surface area (Å²) in [6.07, 6.45) is 15.2. The molecule has 0 fully saturated rings. The number of pyridine rings is 3. The second-order valence-corrected chi connectivity index (χ2v) is 8.87. The highest BCUT2D eigenvalue weighted by atomic mass is 14.6. The highest BCUT2D eigenvalue weighted by molar-refractivity contribution is 5.77. The summed E-state index contributed by atoms with van der Waals surface area (Å²) in [5.41, 5.74) is 13.2. The molecule has 2 aromatic carbocycles. The second-order valence-electron chi connectivity index (χ2n) is 8.87. The predicted molar refractivity (Wildman–Crippen MR) is 137 cm³/mol. The summed E-state index contributed by atoms with van der Waals surface area (Å²) in [5.74, 6) is 0. The van der Waals surface area contributed by atoms with Gasteiger partial charge in [0.2, 0.25) is 0 Å². The van der Waals surface area contributed by atoms with E-state index >= 15 is 0 Å². The first kappa shape index (κ1) is 20.5. The van der Waals surface area contributed by atoms with Gasteiger partial charge in [-0.1, -0.05) is 30.3 Å². The molecule has 0 radical (unpaired) electrons. The molecule has 0 aliphatic heterocycles. The summed E-state index contributed by atoms with van der Waals surface area (Å²) in [6, 6.07) is 24.6. The molecule has 3 aromatic heterocycles. The van der Waals surface area contributed by atoms with Crippen LogP contribution in [0.1, 0.15) is 22.3 Å². The average Bonchev–Trinajstić information content (AvgIpc) is 2.91. The van der Waals surface area contributed by atoms with Gasteiger partial charge >= 0.3 is 0 Å². The fourth-order valence-corrected chi connectivity index (χ4v) is 5.05. The third-order valence-corrected chi connectivity index (χ3v) is 6.82. The second kappa shape index (κ2) is 9.03. The SMILES string of the molecule is c1cc(-c2cc3c(-c4ccncc4)cc2CCc2ccc(c(-c4ccncc4)c2)CC3)ccn1. The molecule has 3 heterocycles. The first-order valence-corrected chi connectivity index (χ1v) is 11.8. The van der Waals surface area contributed by atoms with Crippen LogP contribution in [0.15, 0.2) is 104 Å². The lowest BCUT2D eigenvalue weighted by atomic mass is 9.84. The van der Waals surface area contributed by atoms with E-state index in [1.165, 1.54) is 55.6 Å². The Hall–Kier alpha value is -4.11. The van der Waals surface area contributed by atoms with Crippen LogP contribution >= 0.6 is 0 Å². The molecule has 5 aromatic rings. The molecular formula is C31H25N3. The van der Waals surface area contributed by atoms with Crippen molar-refractivity contribution in [3.05, 3.63) is 126 Å². The largest absolute Gasteiger partial charge is 0.265 e. The van der Waals surface area contributed by atoms with Crippen molar-refractivity contribution in [2.75, 3.05) is 0 Å². The zero-order chi connectivity index (χ0) is 22.7. The molecule has 3 nitrogen and oxygen atoms in total. The standard InChI is InChI=1S/C31H25N3/c1-3-23-5-6-28-21-30(25-9-15-33-16-10-25)27(20-31(28)26-11-17-34-18-12-26)4-2-22(1)19-29(23)24-7-13-32-14-8-24/h1,3,7-21H,2,4-6H2. The summed E-state index contributed by atoms with van der Waals surface area (Å²) >= 11 is 0. The highest BCUT2D eigenvalue weighted by Crippen LogP contribution is 2.36. The van der Waals surface area contributed by atoms with E-state index in [9.17, 15) is 0 Å². The molecule has 0 spiro atoms. The number of aryl methyl sites for hydroxylation is 4. The molecule has 34 heavy (non-hydrogen) atoms. The smallest absolute Gasteiger partial charge is 0.0273 e. The molecule has 9 rings (SSSR count). The molecule has 0 saturated heterocycles. The lowest BCUT2D eigenvalue weighted by Crippen LogP contribution is -2.04. The maximum Gasteiger partial charge on any atom is 0.0273 e.